The van der Waals surface area contributed by atoms with Crippen molar-refractivity contribution in [1.82, 2.24) is 4.90 Å². The molecule has 9 nitrogen and oxygen atoms in total. The van der Waals surface area contributed by atoms with Gasteiger partial charge in [0.15, 0.2) is 0 Å². The normalized spacial score (nSPS) is 20.2. The van der Waals surface area contributed by atoms with Gasteiger partial charge in [0.25, 0.3) is 8.32 Å². The van der Waals surface area contributed by atoms with Crippen LogP contribution in [0.1, 0.15) is 65.4 Å². The number of phenols is 1. The van der Waals surface area contributed by atoms with Crippen molar-refractivity contribution < 1.29 is 38.9 Å². The predicted octanol–water partition coefficient (Wildman–Crippen LogP) is 5.97. The first-order chi connectivity index (χ1) is 24.9. The maximum atomic E-state index is 13.7. The van der Waals surface area contributed by atoms with Gasteiger partial charge >= 0.3 is 6.09 Å². The number of aliphatic hydroxyl groups is 2. The first-order valence-corrected chi connectivity index (χ1v) is 20.0. The van der Waals surface area contributed by atoms with Crippen LogP contribution in [0.15, 0.2) is 102 Å². The molecule has 3 aromatic carbocycles. The molecule has 4 atom stereocenters. The van der Waals surface area contributed by atoms with Gasteiger partial charge in [0.2, 0.25) is 11.8 Å². The third-order valence-corrected chi connectivity index (χ3v) is 15.5. The summed E-state index contributed by atoms with van der Waals surface area (Å²) in [6, 6.07) is 27.3. The number of rotatable bonds is 13. The Morgan fingerprint density at radius 2 is 1.60 bits per heavy atom. The summed E-state index contributed by atoms with van der Waals surface area (Å²) in [6.45, 7) is 8.12. The molecule has 3 aromatic rings. The Balaban J connectivity index is 1.59. The standard InChI is InChI=1S/C42H51NO8Si/c1-6-14-28(23-29-15-13-16-31(45)24-29)21-22-36(46)37-30(25-34-38(35(37)26-44)40(48)43(39(34)47)41(49)50-5)27-51-52(42(2,3)4,32-17-9-7-10-18-32)33-19-11-8-12-20-33/h7-13,15-20,23-24,34-36,38,44-46H,6,14,21-22,25-27H2,1-5H3/b28-23+/t34-,35+,36-,38-/m1/s1. The largest absolute Gasteiger partial charge is 0.508 e. The number of methoxy groups -OCH3 is 1. The van der Waals surface area contributed by atoms with E-state index in [-0.39, 0.29) is 23.8 Å². The third-order valence-electron chi connectivity index (χ3n) is 10.5. The maximum absolute atomic E-state index is 13.7. The van der Waals surface area contributed by atoms with Crippen molar-refractivity contribution in [3.63, 3.8) is 0 Å². The number of aliphatic hydroxyl groups excluding tert-OH is 2. The maximum Gasteiger partial charge on any atom is 0.423 e. The first kappa shape index (κ1) is 38.9. The molecule has 1 fully saturated rings. The molecule has 5 rings (SSSR count). The van der Waals surface area contributed by atoms with Crippen LogP contribution in [0.5, 0.6) is 5.75 Å². The fourth-order valence-corrected chi connectivity index (χ4v) is 12.8. The number of allylic oxidation sites excluding steroid dienone is 1. The predicted molar refractivity (Wildman–Crippen MR) is 203 cm³/mol. The van der Waals surface area contributed by atoms with Crippen LogP contribution < -0.4 is 10.4 Å². The second-order valence-corrected chi connectivity index (χ2v) is 19.1. The van der Waals surface area contributed by atoms with E-state index in [2.05, 4.69) is 52.0 Å². The van der Waals surface area contributed by atoms with Crippen LogP contribution in [-0.2, 0) is 18.8 Å². The number of imide groups is 3. The molecule has 52 heavy (non-hydrogen) atoms. The quantitative estimate of drug-likeness (QED) is 0.112. The molecule has 0 unspecified atom stereocenters. The molecule has 1 heterocycles. The number of hydrogen-bond acceptors (Lipinski definition) is 8. The van der Waals surface area contributed by atoms with Crippen LogP contribution >= 0.6 is 0 Å². The summed E-state index contributed by atoms with van der Waals surface area (Å²) < 4.78 is 12.1. The lowest BCUT2D eigenvalue weighted by atomic mass is 9.68. The first-order valence-electron chi connectivity index (χ1n) is 18.1. The number of aromatic hydroxyl groups is 1. The van der Waals surface area contributed by atoms with E-state index in [0.717, 1.165) is 41.5 Å². The SMILES string of the molecule is CCC/C(=C\c1cccc(O)c1)CC[C@@H](O)C1=C(CO[Si](c2ccccc2)(c2ccccc2)C(C)(C)C)C[C@H]2C(=O)N(C(=O)OC)C(=O)[C@H]2[C@H]1CO. The van der Waals surface area contributed by atoms with Gasteiger partial charge in [-0.3, -0.25) is 9.59 Å². The molecule has 0 aromatic heterocycles. The number of benzene rings is 3. The van der Waals surface area contributed by atoms with Gasteiger partial charge in [-0.1, -0.05) is 119 Å². The van der Waals surface area contributed by atoms with Crippen molar-refractivity contribution in [2.75, 3.05) is 20.3 Å². The molecular weight excluding hydrogens is 675 g/mol. The number of fused-ring (bicyclic) bond motifs is 1. The molecule has 0 radical (unpaired) electrons. The van der Waals surface area contributed by atoms with Gasteiger partial charge in [0.05, 0.1) is 38.3 Å². The lowest BCUT2D eigenvalue weighted by molar-refractivity contribution is -0.137. The molecule has 0 bridgehead atoms. The van der Waals surface area contributed by atoms with Gasteiger partial charge in [-0.15, -0.1) is 0 Å². The fraction of sp³-hybridized carbons (Fsp3) is 0.405. The van der Waals surface area contributed by atoms with Crippen molar-refractivity contribution >= 4 is 42.7 Å². The van der Waals surface area contributed by atoms with Gasteiger partial charge in [0, 0.05) is 5.92 Å². The summed E-state index contributed by atoms with van der Waals surface area (Å²) in [5.74, 6) is -4.10. The average Bonchev–Trinajstić information content (AvgIpc) is 3.38. The lowest BCUT2D eigenvalue weighted by Gasteiger charge is -2.44. The van der Waals surface area contributed by atoms with E-state index in [9.17, 15) is 29.7 Å². The van der Waals surface area contributed by atoms with E-state index in [0.29, 0.717) is 28.9 Å². The van der Waals surface area contributed by atoms with Crippen LogP contribution in [-0.4, -0.2) is 72.9 Å². The molecule has 10 heteroatoms. The van der Waals surface area contributed by atoms with Crippen molar-refractivity contribution in [2.45, 2.75) is 70.9 Å². The van der Waals surface area contributed by atoms with E-state index >= 15 is 0 Å². The summed E-state index contributed by atoms with van der Waals surface area (Å²) >= 11 is 0. The fourth-order valence-electron chi connectivity index (χ4n) is 8.24. The van der Waals surface area contributed by atoms with Crippen molar-refractivity contribution in [2.24, 2.45) is 17.8 Å². The van der Waals surface area contributed by atoms with Crippen LogP contribution in [0.3, 0.4) is 0 Å². The summed E-state index contributed by atoms with van der Waals surface area (Å²) in [5, 5.41) is 34.9. The number of likely N-dealkylation sites (tertiary alicyclic amines) is 1. The second kappa shape index (κ2) is 16.5. The molecule has 0 saturated carbocycles. The smallest absolute Gasteiger partial charge is 0.423 e. The summed E-state index contributed by atoms with van der Waals surface area (Å²) in [6.07, 6.45) is 2.44. The van der Waals surface area contributed by atoms with E-state index in [1.165, 1.54) is 0 Å². The molecule has 0 spiro atoms. The number of carbonyl (C=O) groups is 3. The van der Waals surface area contributed by atoms with E-state index in [4.69, 9.17) is 9.16 Å². The highest BCUT2D eigenvalue weighted by atomic mass is 28.4. The summed E-state index contributed by atoms with van der Waals surface area (Å²) in [4.78, 5) is 40.6. The minimum Gasteiger partial charge on any atom is -0.508 e. The number of hydrogen-bond donors (Lipinski definition) is 3. The zero-order valence-electron chi connectivity index (χ0n) is 30.7. The molecule has 1 aliphatic heterocycles. The Morgan fingerprint density at radius 1 is 0.962 bits per heavy atom. The highest BCUT2D eigenvalue weighted by molar-refractivity contribution is 6.99. The number of amides is 3. The van der Waals surface area contributed by atoms with Crippen LogP contribution in [0.2, 0.25) is 5.04 Å². The zero-order chi connectivity index (χ0) is 37.6. The topological polar surface area (TPSA) is 134 Å². The van der Waals surface area contributed by atoms with Gasteiger partial charge in [-0.2, -0.15) is 4.90 Å². The number of phenolic OH excluding ortho intramolecular Hbond substituents is 1. The van der Waals surface area contributed by atoms with E-state index in [1.54, 1.807) is 18.2 Å². The number of carbonyl (C=O) groups excluding carboxylic acids is 3. The Hall–Kier alpha value is -4.35. The minimum atomic E-state index is -3.07. The highest BCUT2D eigenvalue weighted by Gasteiger charge is 2.58. The Bertz CT molecular complexity index is 1760. The highest BCUT2D eigenvalue weighted by Crippen LogP contribution is 2.47. The van der Waals surface area contributed by atoms with Crippen LogP contribution in [0.25, 0.3) is 6.08 Å². The van der Waals surface area contributed by atoms with Gasteiger partial charge in [-0.25, -0.2) is 4.79 Å². The number of ether oxygens (including phenoxy) is 1. The molecule has 2 aliphatic rings. The molecule has 3 amide bonds. The minimum absolute atomic E-state index is 0.0556. The van der Waals surface area contributed by atoms with Crippen molar-refractivity contribution in [3.05, 3.63) is 107 Å². The Labute approximate surface area is 307 Å². The monoisotopic (exact) mass is 725 g/mol. The van der Waals surface area contributed by atoms with Crippen molar-refractivity contribution in [3.8, 4) is 5.75 Å². The molecule has 1 aliphatic carbocycles. The summed E-state index contributed by atoms with van der Waals surface area (Å²) in [7, 11) is -1.96. The van der Waals surface area contributed by atoms with Crippen LogP contribution in [0.4, 0.5) is 4.79 Å². The van der Waals surface area contributed by atoms with Gasteiger partial charge < -0.3 is 24.5 Å². The van der Waals surface area contributed by atoms with E-state index < -0.39 is 56.7 Å². The van der Waals surface area contributed by atoms with Gasteiger partial charge in [0.1, 0.15) is 5.75 Å². The van der Waals surface area contributed by atoms with Crippen molar-refractivity contribution in [1.29, 1.82) is 0 Å². The molecule has 1 saturated heterocycles. The molecular formula is C42H51NO8Si. The average molecular weight is 726 g/mol. The molecule has 3 N–H and O–H groups in total. The van der Waals surface area contributed by atoms with Crippen LogP contribution in [0, 0.1) is 17.8 Å². The van der Waals surface area contributed by atoms with Gasteiger partial charge in [-0.05, 0) is 69.9 Å². The molecule has 276 valence electrons. The zero-order valence-corrected chi connectivity index (χ0v) is 31.7. The Morgan fingerprint density at radius 3 is 2.13 bits per heavy atom. The Kier molecular flexibility index (Phi) is 12.4. The second-order valence-electron chi connectivity index (χ2n) is 14.8. The lowest BCUT2D eigenvalue weighted by Crippen LogP contribution is -2.66. The van der Waals surface area contributed by atoms with E-state index in [1.807, 2.05) is 48.5 Å². The third kappa shape index (κ3) is 7.71. The number of nitrogens with zero attached hydrogens (tertiary/aromatic N) is 1. The summed E-state index contributed by atoms with van der Waals surface area (Å²) in [5.41, 5.74) is 3.07.